The molecule has 0 spiro atoms. The molecule has 0 radical (unpaired) electrons. The van der Waals surface area contributed by atoms with Crippen molar-refractivity contribution in [2.24, 2.45) is 0 Å². The van der Waals surface area contributed by atoms with Crippen LogP contribution in [-0.2, 0) is 9.53 Å². The summed E-state index contributed by atoms with van der Waals surface area (Å²) >= 11 is 12.3. The molecule has 25 heavy (non-hydrogen) atoms. The molecule has 0 atom stereocenters. The highest BCUT2D eigenvalue weighted by Crippen LogP contribution is 2.27. The van der Waals surface area contributed by atoms with Gasteiger partial charge >= 0.3 is 5.97 Å². The number of benzene rings is 2. The number of ether oxygens (including phenoxy) is 1. The average molecular weight is 493 g/mol. The van der Waals surface area contributed by atoms with E-state index < -0.39 is 23.4 Å². The summed E-state index contributed by atoms with van der Waals surface area (Å²) in [6, 6.07) is 8.54. The average Bonchev–Trinajstić information content (AvgIpc) is 2.56. The van der Waals surface area contributed by atoms with E-state index in [1.807, 2.05) is 0 Å². The number of rotatable bonds is 5. The molecule has 0 unspecified atom stereocenters. The molecule has 0 saturated heterocycles. The number of non-ortho nitro benzene ring substituents is 1. The van der Waals surface area contributed by atoms with Gasteiger partial charge in [0.25, 0.3) is 11.6 Å². The first-order valence-electron chi connectivity index (χ1n) is 6.64. The van der Waals surface area contributed by atoms with Crippen LogP contribution in [0.25, 0.3) is 0 Å². The molecule has 0 heterocycles. The van der Waals surface area contributed by atoms with Crippen molar-refractivity contribution >= 4 is 66.7 Å². The third-order valence-corrected chi connectivity index (χ3v) is 4.40. The lowest BCUT2D eigenvalue weighted by Gasteiger charge is -2.09. The Morgan fingerprint density at radius 3 is 2.56 bits per heavy atom. The smallest absolute Gasteiger partial charge is 0.340 e. The highest BCUT2D eigenvalue weighted by atomic mass is 79.9. The number of hydrogen-bond acceptors (Lipinski definition) is 5. The van der Waals surface area contributed by atoms with Gasteiger partial charge in [0.15, 0.2) is 6.61 Å². The number of esters is 1. The van der Waals surface area contributed by atoms with Gasteiger partial charge in [-0.05, 0) is 40.2 Å². The van der Waals surface area contributed by atoms with Gasteiger partial charge in [-0.25, -0.2) is 4.79 Å². The largest absolute Gasteiger partial charge is 0.452 e. The molecule has 0 aliphatic rings. The zero-order valence-electron chi connectivity index (χ0n) is 12.3. The molecule has 0 fully saturated rings. The molecular formula is C15H9Br2ClN2O5. The third-order valence-electron chi connectivity index (χ3n) is 2.92. The first-order valence-corrected chi connectivity index (χ1v) is 8.60. The van der Waals surface area contributed by atoms with Crippen LogP contribution >= 0.6 is 43.5 Å². The molecular weight excluding hydrogens is 483 g/mol. The van der Waals surface area contributed by atoms with Gasteiger partial charge in [0, 0.05) is 21.1 Å². The predicted molar refractivity (Wildman–Crippen MR) is 98.9 cm³/mol. The van der Waals surface area contributed by atoms with Crippen molar-refractivity contribution in [2.75, 3.05) is 11.9 Å². The molecule has 1 N–H and O–H groups in total. The maximum absolute atomic E-state index is 12.0. The number of carbonyl (C=O) groups is 2. The summed E-state index contributed by atoms with van der Waals surface area (Å²) in [7, 11) is 0. The minimum Gasteiger partial charge on any atom is -0.452 e. The molecule has 2 aromatic rings. The fourth-order valence-electron chi connectivity index (χ4n) is 1.77. The van der Waals surface area contributed by atoms with Crippen LogP contribution < -0.4 is 5.32 Å². The van der Waals surface area contributed by atoms with Crippen molar-refractivity contribution in [3.05, 3.63) is 66.0 Å². The van der Waals surface area contributed by atoms with Gasteiger partial charge in [0.2, 0.25) is 0 Å². The van der Waals surface area contributed by atoms with E-state index in [0.29, 0.717) is 14.6 Å². The lowest BCUT2D eigenvalue weighted by Crippen LogP contribution is -2.21. The van der Waals surface area contributed by atoms with E-state index in [4.69, 9.17) is 16.3 Å². The SMILES string of the molecule is O=C(COC(=O)c1cc(Br)ccc1Cl)Nc1ccc([N+](=O)[O-])cc1Br. The number of carbonyl (C=O) groups excluding carboxylic acids is 2. The van der Waals surface area contributed by atoms with Crippen LogP contribution in [0.2, 0.25) is 5.02 Å². The second kappa shape index (κ2) is 8.41. The van der Waals surface area contributed by atoms with Crippen LogP contribution in [0.1, 0.15) is 10.4 Å². The van der Waals surface area contributed by atoms with E-state index in [9.17, 15) is 19.7 Å². The maximum atomic E-state index is 12.0. The summed E-state index contributed by atoms with van der Waals surface area (Å²) in [5, 5.41) is 13.4. The maximum Gasteiger partial charge on any atom is 0.340 e. The summed E-state index contributed by atoms with van der Waals surface area (Å²) in [5.41, 5.74) is 0.313. The Morgan fingerprint density at radius 2 is 1.92 bits per heavy atom. The number of amides is 1. The quantitative estimate of drug-likeness (QED) is 0.375. The van der Waals surface area contributed by atoms with Crippen LogP contribution in [0.15, 0.2) is 45.3 Å². The molecule has 1 amide bonds. The van der Waals surface area contributed by atoms with Crippen LogP contribution in [0.5, 0.6) is 0 Å². The summed E-state index contributed by atoms with van der Waals surface area (Å²) in [5.74, 6) is -1.35. The van der Waals surface area contributed by atoms with Crippen molar-refractivity contribution in [2.45, 2.75) is 0 Å². The highest BCUT2D eigenvalue weighted by Gasteiger charge is 2.16. The zero-order valence-corrected chi connectivity index (χ0v) is 16.2. The molecule has 2 rings (SSSR count). The van der Waals surface area contributed by atoms with Crippen molar-refractivity contribution in [3.63, 3.8) is 0 Å². The first kappa shape index (κ1) is 19.4. The Morgan fingerprint density at radius 1 is 1.20 bits per heavy atom. The molecule has 7 nitrogen and oxygen atoms in total. The van der Waals surface area contributed by atoms with Crippen molar-refractivity contribution in [3.8, 4) is 0 Å². The molecule has 130 valence electrons. The van der Waals surface area contributed by atoms with Gasteiger partial charge in [-0.2, -0.15) is 0 Å². The second-order valence-electron chi connectivity index (χ2n) is 4.67. The fourth-order valence-corrected chi connectivity index (χ4v) is 2.79. The monoisotopic (exact) mass is 490 g/mol. The lowest BCUT2D eigenvalue weighted by molar-refractivity contribution is -0.384. The Hall–Kier alpha value is -1.97. The number of nitro groups is 1. The predicted octanol–water partition coefficient (Wildman–Crippen LogP) is 4.57. The highest BCUT2D eigenvalue weighted by molar-refractivity contribution is 9.10. The van der Waals surface area contributed by atoms with E-state index in [-0.39, 0.29) is 16.3 Å². The number of anilines is 1. The Labute approximate surface area is 163 Å². The Bertz CT molecular complexity index is 860. The normalized spacial score (nSPS) is 10.2. The molecule has 0 aromatic heterocycles. The van der Waals surface area contributed by atoms with Crippen LogP contribution in [0, 0.1) is 10.1 Å². The van der Waals surface area contributed by atoms with Crippen molar-refractivity contribution in [1.82, 2.24) is 0 Å². The van der Waals surface area contributed by atoms with Gasteiger partial charge in [0.05, 0.1) is 21.2 Å². The Balaban J connectivity index is 1.98. The van der Waals surface area contributed by atoms with Gasteiger partial charge in [0.1, 0.15) is 0 Å². The summed E-state index contributed by atoms with van der Waals surface area (Å²) < 4.78 is 5.89. The first-order chi connectivity index (χ1) is 11.8. The van der Waals surface area contributed by atoms with Crippen LogP contribution in [0.4, 0.5) is 11.4 Å². The van der Waals surface area contributed by atoms with Crippen molar-refractivity contribution < 1.29 is 19.2 Å². The molecule has 0 aliphatic heterocycles. The van der Waals surface area contributed by atoms with Gasteiger partial charge < -0.3 is 10.1 Å². The molecule has 0 aliphatic carbocycles. The summed E-state index contributed by atoms with van der Waals surface area (Å²) in [6.07, 6.45) is 0. The van der Waals surface area contributed by atoms with E-state index in [1.165, 1.54) is 30.3 Å². The topological polar surface area (TPSA) is 98.5 Å². The number of nitro benzene ring substituents is 1. The number of nitrogens with zero attached hydrogens (tertiary/aromatic N) is 1. The minimum absolute atomic E-state index is 0.124. The third kappa shape index (κ3) is 5.25. The fraction of sp³-hybridized carbons (Fsp3) is 0.0667. The van der Waals surface area contributed by atoms with Gasteiger partial charge in [-0.15, -0.1) is 0 Å². The van der Waals surface area contributed by atoms with E-state index in [0.717, 1.165) is 0 Å². The van der Waals surface area contributed by atoms with Crippen LogP contribution in [-0.4, -0.2) is 23.4 Å². The Kier molecular flexibility index (Phi) is 6.51. The lowest BCUT2D eigenvalue weighted by atomic mass is 10.2. The van der Waals surface area contributed by atoms with E-state index >= 15 is 0 Å². The minimum atomic E-state index is -0.746. The second-order valence-corrected chi connectivity index (χ2v) is 6.85. The summed E-state index contributed by atoms with van der Waals surface area (Å²) in [4.78, 5) is 34.0. The molecule has 0 bridgehead atoms. The van der Waals surface area contributed by atoms with Gasteiger partial charge in [-0.3, -0.25) is 14.9 Å². The zero-order chi connectivity index (χ0) is 18.6. The standard InChI is InChI=1S/C15H9Br2ClN2O5/c16-8-1-3-12(18)10(5-8)15(22)25-7-14(21)19-13-4-2-9(20(23)24)6-11(13)17/h1-6H,7H2,(H,19,21). The summed E-state index contributed by atoms with van der Waals surface area (Å²) in [6.45, 7) is -0.537. The van der Waals surface area contributed by atoms with E-state index in [1.54, 1.807) is 6.07 Å². The number of hydrogen-bond donors (Lipinski definition) is 1. The number of nitrogens with one attached hydrogen (secondary N) is 1. The molecule has 2 aromatic carbocycles. The van der Waals surface area contributed by atoms with Crippen molar-refractivity contribution in [1.29, 1.82) is 0 Å². The van der Waals surface area contributed by atoms with E-state index in [2.05, 4.69) is 37.2 Å². The number of halogens is 3. The molecule has 0 saturated carbocycles. The van der Waals surface area contributed by atoms with Crippen LogP contribution in [0.3, 0.4) is 0 Å². The molecule has 10 heteroatoms. The van der Waals surface area contributed by atoms with Gasteiger partial charge in [-0.1, -0.05) is 27.5 Å².